The maximum Gasteiger partial charge on any atom is 0.146 e. The third-order valence-electron chi connectivity index (χ3n) is 6.77. The van der Waals surface area contributed by atoms with Gasteiger partial charge in [-0.1, -0.05) is 30.3 Å². The summed E-state index contributed by atoms with van der Waals surface area (Å²) in [7, 11) is 5.06. The number of ether oxygens (including phenoxy) is 3. The van der Waals surface area contributed by atoms with Crippen LogP contribution in [0.4, 0.5) is 0 Å². The first-order valence-corrected chi connectivity index (χ1v) is 10.8. The van der Waals surface area contributed by atoms with Crippen LogP contribution in [0.3, 0.4) is 0 Å². The molecule has 6 nitrogen and oxygen atoms in total. The molecule has 7 aromatic rings. The molecule has 3 heterocycles. The molecule has 0 bridgehead atoms. The van der Waals surface area contributed by atoms with Gasteiger partial charge in [0, 0.05) is 43.9 Å². The number of aromatic amines is 3. The van der Waals surface area contributed by atoms with Gasteiger partial charge in [-0.2, -0.15) is 0 Å². The summed E-state index contributed by atoms with van der Waals surface area (Å²) in [5.74, 6) is 2.31. The van der Waals surface area contributed by atoms with Crippen molar-refractivity contribution in [3.05, 3.63) is 54.6 Å². The minimum Gasteiger partial charge on any atom is -0.497 e. The van der Waals surface area contributed by atoms with Gasteiger partial charge in [-0.15, -0.1) is 0 Å². The number of aromatic nitrogens is 3. The van der Waals surface area contributed by atoms with Crippen molar-refractivity contribution in [1.29, 1.82) is 0 Å². The van der Waals surface area contributed by atoms with Gasteiger partial charge < -0.3 is 29.2 Å². The number of fused-ring (bicyclic) bond motifs is 12. The molecule has 162 valence electrons. The highest BCUT2D eigenvalue weighted by molar-refractivity contribution is 6.39. The first kappa shape index (κ1) is 18.3. The Morgan fingerprint density at radius 2 is 1.21 bits per heavy atom. The lowest BCUT2D eigenvalue weighted by molar-refractivity contribution is 0.397. The molecular formula is C27H21N3O3. The Morgan fingerprint density at radius 3 is 2.03 bits per heavy atom. The van der Waals surface area contributed by atoms with E-state index in [1.807, 2.05) is 18.2 Å². The highest BCUT2D eigenvalue weighted by Gasteiger charge is 2.23. The average Bonchev–Trinajstić information content (AvgIpc) is 3.53. The Kier molecular flexibility index (Phi) is 3.52. The van der Waals surface area contributed by atoms with E-state index in [2.05, 4.69) is 51.4 Å². The number of benzene rings is 4. The number of H-pyrrole nitrogens is 3. The third-order valence-corrected chi connectivity index (χ3v) is 6.77. The molecule has 0 amide bonds. The summed E-state index contributed by atoms with van der Waals surface area (Å²) in [5, 5.41) is 6.81. The first-order valence-electron chi connectivity index (χ1n) is 10.8. The lowest BCUT2D eigenvalue weighted by atomic mass is 10.0. The van der Waals surface area contributed by atoms with Gasteiger partial charge in [0.1, 0.15) is 17.2 Å². The van der Waals surface area contributed by atoms with E-state index in [4.69, 9.17) is 14.2 Å². The predicted molar refractivity (Wildman–Crippen MR) is 134 cm³/mol. The van der Waals surface area contributed by atoms with Crippen LogP contribution >= 0.6 is 0 Å². The smallest absolute Gasteiger partial charge is 0.146 e. The van der Waals surface area contributed by atoms with E-state index >= 15 is 0 Å². The molecule has 4 aromatic carbocycles. The minimum absolute atomic E-state index is 0.742. The largest absolute Gasteiger partial charge is 0.497 e. The maximum atomic E-state index is 5.73. The van der Waals surface area contributed by atoms with Gasteiger partial charge in [0.15, 0.2) is 0 Å². The van der Waals surface area contributed by atoms with Gasteiger partial charge >= 0.3 is 0 Å². The first-order chi connectivity index (χ1) is 16.2. The molecule has 0 atom stereocenters. The molecule has 33 heavy (non-hydrogen) atoms. The van der Waals surface area contributed by atoms with Gasteiger partial charge in [-0.25, -0.2) is 0 Å². The topological polar surface area (TPSA) is 75.1 Å². The van der Waals surface area contributed by atoms with E-state index in [9.17, 15) is 0 Å². The van der Waals surface area contributed by atoms with Gasteiger partial charge in [-0.05, 0) is 18.2 Å². The van der Waals surface area contributed by atoms with E-state index in [1.165, 1.54) is 16.2 Å². The molecular weight excluding hydrogens is 414 g/mol. The van der Waals surface area contributed by atoms with Crippen molar-refractivity contribution in [2.75, 3.05) is 21.3 Å². The van der Waals surface area contributed by atoms with Crippen LogP contribution in [-0.2, 0) is 0 Å². The molecule has 0 aliphatic heterocycles. The normalized spacial score (nSPS) is 12.1. The van der Waals surface area contributed by atoms with Crippen molar-refractivity contribution in [2.45, 2.75) is 0 Å². The Bertz CT molecular complexity index is 1890. The van der Waals surface area contributed by atoms with E-state index in [0.717, 1.165) is 66.5 Å². The Hall–Kier alpha value is -4.32. The van der Waals surface area contributed by atoms with Crippen molar-refractivity contribution in [3.63, 3.8) is 0 Å². The van der Waals surface area contributed by atoms with Crippen molar-refractivity contribution in [2.24, 2.45) is 0 Å². The maximum absolute atomic E-state index is 5.73. The van der Waals surface area contributed by atoms with E-state index in [0.29, 0.717) is 0 Å². The standard InChI is InChI=1S/C27H21N3O3/c1-31-13-11-16-22-25-21(15-8-6-10-18(32-2)23(15)29-25)20-14-7-4-5-9-17(14)28-26(20)27(22)30-24(16)19(12-13)33-3/h4-12,28-30H,1-3H3. The van der Waals surface area contributed by atoms with Crippen molar-refractivity contribution in [1.82, 2.24) is 15.0 Å². The quantitative estimate of drug-likeness (QED) is 0.292. The zero-order valence-electron chi connectivity index (χ0n) is 18.4. The molecule has 0 saturated heterocycles. The van der Waals surface area contributed by atoms with Crippen LogP contribution in [0, 0.1) is 0 Å². The van der Waals surface area contributed by atoms with Gasteiger partial charge in [0.25, 0.3) is 0 Å². The van der Waals surface area contributed by atoms with E-state index in [1.54, 1.807) is 21.3 Å². The fourth-order valence-electron chi connectivity index (χ4n) is 5.36. The van der Waals surface area contributed by atoms with Gasteiger partial charge in [-0.3, -0.25) is 0 Å². The molecule has 0 saturated carbocycles. The average molecular weight is 435 g/mol. The fourth-order valence-corrected chi connectivity index (χ4v) is 5.36. The zero-order valence-corrected chi connectivity index (χ0v) is 18.4. The van der Waals surface area contributed by atoms with Crippen LogP contribution in [-0.4, -0.2) is 36.3 Å². The molecule has 0 fully saturated rings. The second-order valence-electron chi connectivity index (χ2n) is 8.31. The van der Waals surface area contributed by atoms with E-state index < -0.39 is 0 Å². The fraction of sp³-hybridized carbons (Fsp3) is 0.111. The minimum atomic E-state index is 0.742. The summed E-state index contributed by atoms with van der Waals surface area (Å²) in [5.41, 5.74) is 6.18. The van der Waals surface area contributed by atoms with Crippen molar-refractivity contribution < 1.29 is 14.2 Å². The summed E-state index contributed by atoms with van der Waals surface area (Å²) in [6.45, 7) is 0. The second kappa shape index (κ2) is 6.36. The van der Waals surface area contributed by atoms with Crippen LogP contribution in [0.15, 0.2) is 54.6 Å². The number of methoxy groups -OCH3 is 3. The zero-order chi connectivity index (χ0) is 22.3. The lowest BCUT2D eigenvalue weighted by Gasteiger charge is -2.05. The van der Waals surface area contributed by atoms with E-state index in [-0.39, 0.29) is 0 Å². The van der Waals surface area contributed by atoms with Crippen LogP contribution in [0.1, 0.15) is 0 Å². The molecule has 0 radical (unpaired) electrons. The highest BCUT2D eigenvalue weighted by atomic mass is 16.5. The SMILES string of the molecule is COc1cc(OC)c2[nH]c3c4[nH]c5ccccc5c4c4c5cccc(OC)c5[nH]c4c3c2c1. The number of hydrogen-bond acceptors (Lipinski definition) is 3. The predicted octanol–water partition coefficient (Wildman–Crippen LogP) is 6.62. The van der Waals surface area contributed by atoms with Crippen LogP contribution < -0.4 is 14.2 Å². The van der Waals surface area contributed by atoms with Crippen LogP contribution in [0.25, 0.3) is 65.4 Å². The number of rotatable bonds is 3. The molecule has 0 unspecified atom stereocenters. The Labute approximate surface area is 188 Å². The van der Waals surface area contributed by atoms with Gasteiger partial charge in [0.05, 0.1) is 48.9 Å². The van der Waals surface area contributed by atoms with Crippen LogP contribution in [0.5, 0.6) is 17.2 Å². The Balaban J connectivity index is 1.86. The summed E-state index contributed by atoms with van der Waals surface area (Å²) in [6, 6.07) is 18.6. The molecule has 0 aliphatic carbocycles. The molecule has 0 aliphatic rings. The number of para-hydroxylation sites is 2. The summed E-state index contributed by atoms with van der Waals surface area (Å²) in [4.78, 5) is 11.0. The third kappa shape index (κ3) is 2.22. The number of hydrogen-bond donors (Lipinski definition) is 3. The molecule has 0 spiro atoms. The lowest BCUT2D eigenvalue weighted by Crippen LogP contribution is -1.88. The number of nitrogens with one attached hydrogen (secondary N) is 3. The summed E-state index contributed by atoms with van der Waals surface area (Å²) in [6.07, 6.45) is 0. The Morgan fingerprint density at radius 1 is 0.515 bits per heavy atom. The van der Waals surface area contributed by atoms with Crippen LogP contribution in [0.2, 0.25) is 0 Å². The highest BCUT2D eigenvalue weighted by Crippen LogP contribution is 2.47. The summed E-state index contributed by atoms with van der Waals surface area (Å²) < 4.78 is 17.0. The molecule has 3 N–H and O–H groups in total. The molecule has 6 heteroatoms. The van der Waals surface area contributed by atoms with Crippen molar-refractivity contribution >= 4 is 65.4 Å². The monoisotopic (exact) mass is 435 g/mol. The van der Waals surface area contributed by atoms with Crippen molar-refractivity contribution in [3.8, 4) is 17.2 Å². The molecule has 7 rings (SSSR count). The molecule has 3 aromatic heterocycles. The van der Waals surface area contributed by atoms with Gasteiger partial charge in [0.2, 0.25) is 0 Å². The summed E-state index contributed by atoms with van der Waals surface area (Å²) >= 11 is 0. The second-order valence-corrected chi connectivity index (χ2v) is 8.31.